The van der Waals surface area contributed by atoms with Crippen molar-refractivity contribution in [3.8, 4) is 0 Å². The van der Waals surface area contributed by atoms with Crippen molar-refractivity contribution in [1.82, 2.24) is 31.5 Å². The molecule has 0 aromatic carbocycles. The molecule has 1 rings (SSSR count). The maximum absolute atomic E-state index is 14.7. The Balaban J connectivity index is 3.39. The van der Waals surface area contributed by atoms with Crippen LogP contribution in [0.3, 0.4) is 0 Å². The number of amides is 8. The van der Waals surface area contributed by atoms with E-state index >= 15 is 0 Å². The van der Waals surface area contributed by atoms with Gasteiger partial charge in [-0.25, -0.2) is 0 Å². The van der Waals surface area contributed by atoms with Gasteiger partial charge in [-0.2, -0.15) is 0 Å². The molecule has 1 fully saturated rings. The third kappa shape index (κ3) is 46.0. The molecule has 12 atom stereocenters. The summed E-state index contributed by atoms with van der Waals surface area (Å²) < 4.78 is 0. The highest BCUT2D eigenvalue weighted by molar-refractivity contribution is 6.00. The van der Waals surface area contributed by atoms with E-state index in [2.05, 4.69) is 53.5 Å². The molecule has 8 amide bonds. The number of primary amides is 2. The molecule has 34 nitrogen and oxygen atoms in total. The molecule has 0 saturated carbocycles. The molecule has 0 radical (unpaired) electrons. The normalized spacial score (nSPS) is 15.5. The Morgan fingerprint density at radius 3 is 1.14 bits per heavy atom. The Morgan fingerprint density at radius 2 is 0.744 bits per heavy atom. The minimum absolute atomic E-state index is 0.00573. The fourth-order valence-corrected chi connectivity index (χ4v) is 14.6. The van der Waals surface area contributed by atoms with Crippen molar-refractivity contribution in [3.63, 3.8) is 0 Å². The molecule has 1 heterocycles. The second-order valence-electron chi connectivity index (χ2n) is 33.5. The van der Waals surface area contributed by atoms with Crippen LogP contribution in [0.1, 0.15) is 288 Å². The van der Waals surface area contributed by atoms with Crippen molar-refractivity contribution in [2.45, 2.75) is 324 Å². The van der Waals surface area contributed by atoms with Gasteiger partial charge in [-0.05, 0) is 121 Å². The Hall–Kier alpha value is -9.14. The van der Waals surface area contributed by atoms with E-state index in [1.165, 1.54) is 76.5 Å². The lowest BCUT2D eigenvalue weighted by Gasteiger charge is -2.30. The van der Waals surface area contributed by atoms with Crippen LogP contribution < -0.4 is 83.9 Å². The molecule has 25 N–H and O–H groups in total. The number of Topliss-reactive ketones (excluding diaryl/α,β-unsaturated/α-hetero) is 6. The van der Waals surface area contributed by atoms with Gasteiger partial charge >= 0.3 is 0 Å². The van der Waals surface area contributed by atoms with Gasteiger partial charge in [-0.15, -0.1) is 0 Å². The molecule has 0 spiro atoms. The number of aliphatic imine (C=N–C) groups is 4. The van der Waals surface area contributed by atoms with E-state index in [0.717, 1.165) is 19.3 Å². The first-order valence-electron chi connectivity index (χ1n) is 42.9. The van der Waals surface area contributed by atoms with Gasteiger partial charge in [-0.1, -0.05) is 139 Å². The third-order valence-electron chi connectivity index (χ3n) is 21.4. The molecule has 1 aliphatic rings. The predicted molar refractivity (Wildman–Crippen MR) is 456 cm³/mol. The number of hydrogen-bond acceptors (Lipinski definition) is 18. The van der Waals surface area contributed by atoms with Crippen LogP contribution in [0.2, 0.25) is 0 Å². The number of rotatable bonds is 67. The van der Waals surface area contributed by atoms with Crippen LogP contribution in [0, 0.1) is 59.2 Å². The topological polar surface area (TPSA) is 612 Å². The average molecular weight is 1650 g/mol. The van der Waals surface area contributed by atoms with Crippen molar-refractivity contribution in [2.24, 2.45) is 136 Å². The van der Waals surface area contributed by atoms with Crippen LogP contribution >= 0.6 is 0 Å². The van der Waals surface area contributed by atoms with Gasteiger partial charge in [0.1, 0.15) is 0 Å². The third-order valence-corrected chi connectivity index (χ3v) is 21.4. The summed E-state index contributed by atoms with van der Waals surface area (Å²) in [6, 6.07) is -6.72. The maximum Gasteiger partial charge on any atom is 0.226 e. The lowest BCUT2D eigenvalue weighted by molar-refractivity contribution is -0.144. The fourth-order valence-electron chi connectivity index (χ4n) is 14.6. The summed E-state index contributed by atoms with van der Waals surface area (Å²) in [6.07, 6.45) is 14.8. The van der Waals surface area contributed by atoms with E-state index in [9.17, 15) is 67.1 Å². The summed E-state index contributed by atoms with van der Waals surface area (Å²) in [5.41, 5.74) is 55.8. The van der Waals surface area contributed by atoms with Crippen molar-refractivity contribution >= 4 is 106 Å². The predicted octanol–water partition coefficient (Wildman–Crippen LogP) is 4.35. The fraction of sp³-hybridized carbons (Fsp3) is 0.783. The molecule has 0 aliphatic carbocycles. The Bertz CT molecular complexity index is 3270. The molecule has 0 bridgehead atoms. The standard InChI is InChI=1S/C83H150N20O14/c1-12-13-14-15-16-17-18-19-20-21-22-23-24-35-72(111)102-73(53(8)9)70(109)46-59(33-28-39-97-83(92)93)79(117)103-40-29-34-64(103)69(108)49-61(52(6)7)78(116)99-55(11)66(105)47-60(48-71(84)110)77(115)98-54(10)65(104)44-57(31-26-37-95-81(88)89)75(113)101-63(42-51(4)5)68(107)45-58(32-27-38-96-82(90)91)76(114)100-62(41-50(2)3)67(106)43-56(74(85)112)30-25-36-94-80(86)87/h50-64,73H,12-49H2,1-11H3,(H2,84,110)(H2,85,112)(H,98,115)(H,99,116)(H,100,114)(H,101,113)(H,102,111)(H4,86,87,94)(H4,88,89,95)(H4,90,91,96)(H4,92,93,97)/t54-,55-,56+,57+,58+,59+,60-,61-,62-,63-,64-,73-/m0/s1. The number of nitrogens with one attached hydrogen (secondary N) is 5. The lowest BCUT2D eigenvalue weighted by Crippen LogP contribution is -2.49. The molecule has 666 valence electrons. The minimum atomic E-state index is -1.45. The van der Waals surface area contributed by atoms with Crippen LogP contribution in [0.4, 0.5) is 0 Å². The second-order valence-corrected chi connectivity index (χ2v) is 33.5. The maximum atomic E-state index is 14.7. The van der Waals surface area contributed by atoms with Crippen molar-refractivity contribution < 1.29 is 67.1 Å². The number of nitrogens with zero attached hydrogens (tertiary/aromatic N) is 5. The summed E-state index contributed by atoms with van der Waals surface area (Å²) in [5, 5.41) is 13.8. The number of ketones is 6. The SMILES string of the molecule is CCCCCCCCCCCCCCCC(=O)N[C@H](C(=O)C[C@@H](CCCN=C(N)N)C(=O)N1CCC[C@H]1C(=O)C[C@H](C(=O)N[C@@H](C)C(=O)C[C@@H](CC(N)=O)C(=O)N[C@@H](C)C(=O)C[C@@H](CCCN=C(N)N)C(=O)N[C@@H](CC(C)C)C(=O)C[C@@H](CCCN=C(N)N)C(=O)N[C@@H](CC(C)C)C(=O)C[C@@H](CCCN=C(N)N)C(N)=O)C(C)C)C(C)C. The first kappa shape index (κ1) is 106. The zero-order valence-corrected chi connectivity index (χ0v) is 72.3. The van der Waals surface area contributed by atoms with Crippen LogP contribution in [-0.4, -0.2) is 180 Å². The van der Waals surface area contributed by atoms with Gasteiger partial charge in [0, 0.05) is 114 Å². The van der Waals surface area contributed by atoms with Gasteiger partial charge in [0.15, 0.2) is 58.5 Å². The molecule has 0 aromatic rings. The summed E-state index contributed by atoms with van der Waals surface area (Å²) in [5.74, 6) is -16.7. The van der Waals surface area contributed by atoms with Gasteiger partial charge in [0.25, 0.3) is 0 Å². The van der Waals surface area contributed by atoms with E-state index in [0.29, 0.717) is 25.7 Å². The second kappa shape index (κ2) is 58.7. The smallest absolute Gasteiger partial charge is 0.226 e. The number of unbranched alkanes of at least 4 members (excludes halogenated alkanes) is 12. The van der Waals surface area contributed by atoms with E-state index in [1.807, 2.05) is 41.5 Å². The number of carbonyl (C=O) groups is 14. The van der Waals surface area contributed by atoms with Crippen molar-refractivity contribution in [2.75, 3.05) is 32.7 Å². The van der Waals surface area contributed by atoms with Crippen molar-refractivity contribution in [3.05, 3.63) is 0 Å². The zero-order chi connectivity index (χ0) is 88.4. The zero-order valence-electron chi connectivity index (χ0n) is 72.3. The quantitative estimate of drug-likeness (QED) is 0.0228. The number of hydrogen-bond donors (Lipinski definition) is 15. The average Bonchev–Trinajstić information content (AvgIpc) is 1.71. The number of likely N-dealkylation sites (tertiary alicyclic amines) is 1. The van der Waals surface area contributed by atoms with E-state index in [4.69, 9.17) is 57.3 Å². The van der Waals surface area contributed by atoms with E-state index in [1.54, 1.807) is 13.8 Å². The van der Waals surface area contributed by atoms with E-state index in [-0.39, 0.29) is 169 Å². The summed E-state index contributed by atoms with van der Waals surface area (Å²) in [6.45, 7) is 20.1. The summed E-state index contributed by atoms with van der Waals surface area (Å²) in [4.78, 5) is 214. The van der Waals surface area contributed by atoms with Gasteiger partial charge < -0.3 is 88.8 Å². The molecule has 1 saturated heterocycles. The molecular weight excluding hydrogens is 1500 g/mol. The lowest BCUT2D eigenvalue weighted by atomic mass is 9.86. The number of nitrogens with two attached hydrogens (primary N) is 10. The molecule has 1 aliphatic heterocycles. The minimum Gasteiger partial charge on any atom is -0.370 e. The highest BCUT2D eigenvalue weighted by Gasteiger charge is 2.42. The van der Waals surface area contributed by atoms with E-state index < -0.39 is 174 Å². The Kier molecular flexibility index (Phi) is 53.1. The first-order valence-corrected chi connectivity index (χ1v) is 42.9. The number of carbonyl (C=O) groups excluding carboxylic acids is 14. The molecular formula is C83H150N20O14. The summed E-state index contributed by atoms with van der Waals surface area (Å²) >= 11 is 0. The highest BCUT2D eigenvalue weighted by atomic mass is 16.2. The van der Waals surface area contributed by atoms with Crippen LogP contribution in [0.5, 0.6) is 0 Å². The van der Waals surface area contributed by atoms with Gasteiger partial charge in [-0.3, -0.25) is 87.1 Å². The van der Waals surface area contributed by atoms with Crippen LogP contribution in [0.25, 0.3) is 0 Å². The first-order chi connectivity index (χ1) is 55.1. The largest absolute Gasteiger partial charge is 0.370 e. The van der Waals surface area contributed by atoms with Crippen molar-refractivity contribution in [1.29, 1.82) is 0 Å². The van der Waals surface area contributed by atoms with Crippen LogP contribution in [0.15, 0.2) is 20.0 Å². The monoisotopic (exact) mass is 1650 g/mol. The Labute approximate surface area is 694 Å². The van der Waals surface area contributed by atoms with Gasteiger partial charge in [0.2, 0.25) is 47.3 Å². The number of guanidine groups is 4. The summed E-state index contributed by atoms with van der Waals surface area (Å²) in [7, 11) is 0. The molecule has 0 aromatic heterocycles. The molecule has 34 heteroatoms. The van der Waals surface area contributed by atoms with Gasteiger partial charge in [0.05, 0.1) is 42.2 Å². The molecule has 0 unspecified atom stereocenters. The molecule has 117 heavy (non-hydrogen) atoms. The Morgan fingerprint density at radius 1 is 0.376 bits per heavy atom. The van der Waals surface area contributed by atoms with Crippen LogP contribution in [-0.2, 0) is 67.1 Å². The highest BCUT2D eigenvalue weighted by Crippen LogP contribution is 2.30.